The van der Waals surface area contributed by atoms with Crippen LogP contribution in [0.25, 0.3) is 0 Å². The molecule has 4 nitrogen and oxygen atoms in total. The molecule has 6 heteroatoms. The van der Waals surface area contributed by atoms with E-state index in [9.17, 15) is 9.59 Å². The smallest absolute Gasteiger partial charge is 0.379 e. The van der Waals surface area contributed by atoms with Crippen molar-refractivity contribution in [3.63, 3.8) is 0 Å². The van der Waals surface area contributed by atoms with E-state index in [0.717, 1.165) is 0 Å². The van der Waals surface area contributed by atoms with E-state index in [1.807, 2.05) is 24.3 Å². The van der Waals surface area contributed by atoms with Crippen LogP contribution in [0.15, 0.2) is 60.7 Å². The van der Waals surface area contributed by atoms with Crippen molar-refractivity contribution in [3.05, 3.63) is 60.7 Å². The van der Waals surface area contributed by atoms with Crippen LogP contribution in [0.1, 0.15) is 0 Å². The fourth-order valence-corrected chi connectivity index (χ4v) is 1.60. The highest BCUT2D eigenvalue weighted by atomic mass is 127. The molecule has 0 fully saturated rings. The first kappa shape index (κ1) is 16.6. The predicted octanol–water partition coefficient (Wildman–Crippen LogP) is 5.20. The van der Waals surface area contributed by atoms with Gasteiger partial charge in [0.1, 0.15) is 11.5 Å². The highest BCUT2D eigenvalue weighted by molar-refractivity contribution is 14.1. The number of ether oxygens (including phenoxy) is 2. The summed E-state index contributed by atoms with van der Waals surface area (Å²) in [7, 11) is 0. The number of hydrogen-bond acceptors (Lipinski definition) is 4. The molecule has 2 aromatic rings. The summed E-state index contributed by atoms with van der Waals surface area (Å²) in [5, 5.41) is 0. The minimum atomic E-state index is -0.473. The summed E-state index contributed by atoms with van der Waals surface area (Å²) in [5.74, 6) is 1.13. The van der Waals surface area contributed by atoms with Crippen LogP contribution in [0.4, 0.5) is 9.59 Å². The first-order valence-corrected chi connectivity index (χ1v) is 7.30. The molecule has 2 aromatic carbocycles. The molecule has 0 radical (unpaired) electrons. The Balaban J connectivity index is 0.000000200. The molecule has 0 aliphatic rings. The van der Waals surface area contributed by atoms with Crippen molar-refractivity contribution in [2.45, 2.75) is 0 Å². The van der Waals surface area contributed by atoms with Crippen LogP contribution < -0.4 is 9.47 Å². The monoisotopic (exact) mass is 448 g/mol. The first-order chi connectivity index (χ1) is 9.58. The summed E-state index contributed by atoms with van der Waals surface area (Å²) in [5.41, 5.74) is 0. The lowest BCUT2D eigenvalue weighted by Gasteiger charge is -1.96. The molecule has 0 aromatic heterocycles. The van der Waals surface area contributed by atoms with Gasteiger partial charge in [-0.1, -0.05) is 36.4 Å². The standard InChI is InChI=1S/C7H5BrO2.C7H5IO2/c2*8-7(9)10-6-4-2-1-3-5-6/h2*1-5H. The molecule has 0 atom stereocenters. The second-order valence-electron chi connectivity index (χ2n) is 3.31. The Labute approximate surface area is 138 Å². The summed E-state index contributed by atoms with van der Waals surface area (Å²) in [6, 6.07) is 17.8. The Bertz CT molecular complexity index is 494. The summed E-state index contributed by atoms with van der Waals surface area (Å²) in [6.45, 7) is 0. The van der Waals surface area contributed by atoms with E-state index in [0.29, 0.717) is 11.5 Å². The molecular weight excluding hydrogens is 439 g/mol. The average Bonchev–Trinajstić information content (AvgIpc) is 2.40. The number of carbonyl (C=O) groups excluding carboxylic acids is 2. The molecule has 0 saturated heterocycles. The van der Waals surface area contributed by atoms with Gasteiger partial charge in [0.2, 0.25) is 0 Å². The number of halogens is 2. The zero-order chi connectivity index (χ0) is 14.8. The van der Waals surface area contributed by atoms with Gasteiger partial charge in [-0.2, -0.15) is 0 Å². The molecule has 0 unspecified atom stereocenters. The molecule has 2 rings (SSSR count). The quantitative estimate of drug-likeness (QED) is 0.468. The van der Waals surface area contributed by atoms with E-state index in [1.54, 1.807) is 59.0 Å². The van der Waals surface area contributed by atoms with Gasteiger partial charge in [0.25, 0.3) is 0 Å². The zero-order valence-electron chi connectivity index (χ0n) is 10.2. The van der Waals surface area contributed by atoms with Crippen LogP contribution >= 0.6 is 38.5 Å². The van der Waals surface area contributed by atoms with E-state index in [2.05, 4.69) is 15.9 Å². The van der Waals surface area contributed by atoms with Crippen molar-refractivity contribution in [3.8, 4) is 11.5 Å². The normalized spacial score (nSPS) is 8.90. The molecule has 0 aliphatic carbocycles. The number of hydrogen-bond donors (Lipinski definition) is 0. The maximum Gasteiger partial charge on any atom is 0.379 e. The third kappa shape index (κ3) is 7.90. The van der Waals surface area contributed by atoms with Gasteiger partial charge in [0.05, 0.1) is 22.6 Å². The molecule has 0 amide bonds. The van der Waals surface area contributed by atoms with Crippen LogP contribution in [-0.4, -0.2) is 8.85 Å². The summed E-state index contributed by atoms with van der Waals surface area (Å²) < 4.78 is 9.14. The largest absolute Gasteiger partial charge is 0.419 e. The Morgan fingerprint density at radius 1 is 0.800 bits per heavy atom. The minimum Gasteiger partial charge on any atom is -0.419 e. The lowest BCUT2D eigenvalue weighted by Crippen LogP contribution is -1.94. The summed E-state index contributed by atoms with van der Waals surface area (Å²) in [6.07, 6.45) is 0. The first-order valence-electron chi connectivity index (χ1n) is 5.42. The van der Waals surface area contributed by atoms with E-state index in [-0.39, 0.29) is 3.98 Å². The Morgan fingerprint density at radius 2 is 1.20 bits per heavy atom. The lowest BCUT2D eigenvalue weighted by atomic mass is 10.3. The third-order valence-electron chi connectivity index (χ3n) is 1.88. The van der Waals surface area contributed by atoms with Gasteiger partial charge >= 0.3 is 8.85 Å². The zero-order valence-corrected chi connectivity index (χ0v) is 13.9. The van der Waals surface area contributed by atoms with Crippen molar-refractivity contribution in [1.82, 2.24) is 0 Å². The van der Waals surface area contributed by atoms with Gasteiger partial charge in [-0.25, -0.2) is 9.59 Å². The molecule has 20 heavy (non-hydrogen) atoms. The SMILES string of the molecule is O=C(Br)Oc1ccccc1.O=C(I)Oc1ccccc1. The van der Waals surface area contributed by atoms with E-state index < -0.39 is 4.88 Å². The number of rotatable bonds is 2. The second kappa shape index (κ2) is 9.49. The van der Waals surface area contributed by atoms with Gasteiger partial charge in [-0.05, 0) is 24.3 Å². The molecular formula is C14H10BrIO4. The van der Waals surface area contributed by atoms with E-state index >= 15 is 0 Å². The third-order valence-corrected chi connectivity index (χ3v) is 2.26. The summed E-state index contributed by atoms with van der Waals surface area (Å²) in [4.78, 5) is 20.2. The Hall–Kier alpha value is -1.41. The van der Waals surface area contributed by atoms with Crippen LogP contribution in [0, 0.1) is 0 Å². The van der Waals surface area contributed by atoms with Crippen LogP contribution in [0.5, 0.6) is 11.5 Å². The molecule has 0 saturated carbocycles. The van der Waals surface area contributed by atoms with Crippen LogP contribution in [-0.2, 0) is 0 Å². The topological polar surface area (TPSA) is 52.6 Å². The van der Waals surface area contributed by atoms with Gasteiger partial charge in [-0.15, -0.1) is 0 Å². The predicted molar refractivity (Wildman–Crippen MR) is 87.9 cm³/mol. The summed E-state index contributed by atoms with van der Waals surface area (Å²) >= 11 is 4.23. The number of carbonyl (C=O) groups is 2. The van der Waals surface area contributed by atoms with Crippen LogP contribution in [0.3, 0.4) is 0 Å². The van der Waals surface area contributed by atoms with Crippen molar-refractivity contribution in [1.29, 1.82) is 0 Å². The molecule has 104 valence electrons. The molecule has 0 heterocycles. The second-order valence-corrected chi connectivity index (χ2v) is 4.83. The molecule has 0 aliphatic heterocycles. The fraction of sp³-hybridized carbons (Fsp3) is 0. The van der Waals surface area contributed by atoms with Gasteiger partial charge in [-0.3, -0.25) is 0 Å². The van der Waals surface area contributed by atoms with Crippen LogP contribution in [0.2, 0.25) is 0 Å². The fourth-order valence-electron chi connectivity index (χ4n) is 1.16. The van der Waals surface area contributed by atoms with E-state index in [4.69, 9.17) is 9.47 Å². The highest BCUT2D eigenvalue weighted by Crippen LogP contribution is 2.10. The van der Waals surface area contributed by atoms with Crippen molar-refractivity contribution < 1.29 is 19.1 Å². The van der Waals surface area contributed by atoms with Gasteiger partial charge < -0.3 is 9.47 Å². The van der Waals surface area contributed by atoms with Crippen molar-refractivity contribution in [2.75, 3.05) is 0 Å². The Kier molecular flexibility index (Phi) is 7.89. The van der Waals surface area contributed by atoms with Crippen molar-refractivity contribution in [2.24, 2.45) is 0 Å². The lowest BCUT2D eigenvalue weighted by molar-refractivity contribution is 0.228. The maximum absolute atomic E-state index is 10.4. The van der Waals surface area contributed by atoms with E-state index in [1.165, 1.54) is 0 Å². The molecule has 0 bridgehead atoms. The molecule has 0 spiro atoms. The van der Waals surface area contributed by atoms with Gasteiger partial charge in [0.15, 0.2) is 0 Å². The van der Waals surface area contributed by atoms with Crippen molar-refractivity contribution >= 4 is 47.4 Å². The maximum atomic E-state index is 10.4. The molecule has 0 N–H and O–H groups in total. The highest BCUT2D eigenvalue weighted by Gasteiger charge is 1.95. The Morgan fingerprint density at radius 3 is 1.55 bits per heavy atom. The number of benzene rings is 2. The average molecular weight is 449 g/mol. The van der Waals surface area contributed by atoms with Gasteiger partial charge in [0, 0.05) is 15.9 Å². The number of para-hydroxylation sites is 2. The minimum absolute atomic E-state index is 0.316.